The summed E-state index contributed by atoms with van der Waals surface area (Å²) in [6, 6.07) is 14.3. The Balaban J connectivity index is 1.55. The molecule has 0 atom stereocenters. The van der Waals surface area contributed by atoms with E-state index in [0.29, 0.717) is 11.3 Å². The maximum atomic E-state index is 14.0. The number of halogens is 1. The largest absolute Gasteiger partial charge is 0.497 e. The van der Waals surface area contributed by atoms with Gasteiger partial charge in [0.25, 0.3) is 5.91 Å². The lowest BCUT2D eigenvalue weighted by atomic mass is 10.2. The molecule has 4 rings (SSSR count). The lowest BCUT2D eigenvalue weighted by Gasteiger charge is -2.21. The van der Waals surface area contributed by atoms with E-state index in [1.54, 1.807) is 35.6 Å². The summed E-state index contributed by atoms with van der Waals surface area (Å²) >= 11 is 1.43. The van der Waals surface area contributed by atoms with Gasteiger partial charge in [0.05, 0.1) is 7.11 Å². The Labute approximate surface area is 161 Å². The number of nitrogens with zero attached hydrogens (tertiary/aromatic N) is 2. The van der Waals surface area contributed by atoms with Crippen LogP contribution in [0.3, 0.4) is 0 Å². The third-order valence-electron chi connectivity index (χ3n) is 4.61. The number of methoxy groups -OCH3 is 1. The summed E-state index contributed by atoms with van der Waals surface area (Å²) in [6.45, 7) is 0.269. The normalized spacial score (nSPS) is 13.4. The maximum Gasteiger partial charge on any atom is 0.273 e. The third kappa shape index (κ3) is 3.85. The molecule has 0 radical (unpaired) electrons. The molecule has 6 heteroatoms. The van der Waals surface area contributed by atoms with E-state index in [1.807, 2.05) is 24.3 Å². The van der Waals surface area contributed by atoms with Gasteiger partial charge in [-0.3, -0.25) is 4.79 Å². The summed E-state index contributed by atoms with van der Waals surface area (Å²) in [5.41, 5.74) is 1.88. The fourth-order valence-electron chi connectivity index (χ4n) is 2.95. The summed E-state index contributed by atoms with van der Waals surface area (Å²) < 4.78 is 19.2. The van der Waals surface area contributed by atoms with Gasteiger partial charge in [0.2, 0.25) is 0 Å². The minimum absolute atomic E-state index is 0.142. The number of hydrogen-bond donors (Lipinski definition) is 0. The van der Waals surface area contributed by atoms with Gasteiger partial charge in [0.1, 0.15) is 22.3 Å². The molecule has 4 nitrogen and oxygen atoms in total. The molecule has 1 fully saturated rings. The Kier molecular flexibility index (Phi) is 4.90. The highest BCUT2D eigenvalue weighted by Crippen LogP contribution is 2.32. The molecule has 2 aromatic carbocycles. The van der Waals surface area contributed by atoms with Crippen molar-refractivity contribution in [1.29, 1.82) is 0 Å². The molecule has 1 aliphatic carbocycles. The SMILES string of the molecule is COc1ccc(-c2nc(C(=O)N(Cc3ccccc3F)C3CC3)cs2)cc1. The minimum Gasteiger partial charge on any atom is -0.497 e. The average Bonchev–Trinajstić information content (AvgIpc) is 3.42. The number of benzene rings is 2. The highest BCUT2D eigenvalue weighted by atomic mass is 32.1. The molecule has 0 N–H and O–H groups in total. The van der Waals surface area contributed by atoms with Gasteiger partial charge < -0.3 is 9.64 Å². The van der Waals surface area contributed by atoms with Gasteiger partial charge in [0.15, 0.2) is 0 Å². The Morgan fingerprint density at radius 3 is 2.63 bits per heavy atom. The van der Waals surface area contributed by atoms with Crippen molar-refractivity contribution in [2.75, 3.05) is 7.11 Å². The number of amides is 1. The Hall–Kier alpha value is -2.73. The average molecular weight is 382 g/mol. The van der Waals surface area contributed by atoms with E-state index in [1.165, 1.54) is 17.4 Å². The minimum atomic E-state index is -0.284. The summed E-state index contributed by atoms with van der Waals surface area (Å²) in [6.07, 6.45) is 1.91. The van der Waals surface area contributed by atoms with Crippen LogP contribution in [0.4, 0.5) is 4.39 Å². The van der Waals surface area contributed by atoms with Crippen LogP contribution < -0.4 is 4.74 Å². The first kappa shape index (κ1) is 17.7. The van der Waals surface area contributed by atoms with Crippen molar-refractivity contribution in [3.63, 3.8) is 0 Å². The second-order valence-corrected chi connectivity index (χ2v) is 7.38. The quantitative estimate of drug-likeness (QED) is 0.617. The number of carbonyl (C=O) groups is 1. The van der Waals surface area contributed by atoms with Crippen molar-refractivity contribution in [3.05, 3.63) is 71.0 Å². The zero-order valence-electron chi connectivity index (χ0n) is 14.9. The summed E-state index contributed by atoms with van der Waals surface area (Å²) in [5, 5.41) is 2.56. The Morgan fingerprint density at radius 2 is 1.96 bits per heavy atom. The molecule has 3 aromatic rings. The number of thiazole rings is 1. The molecule has 138 valence electrons. The molecule has 1 aliphatic rings. The number of ether oxygens (including phenoxy) is 1. The number of rotatable bonds is 6. The topological polar surface area (TPSA) is 42.4 Å². The van der Waals surface area contributed by atoms with E-state index < -0.39 is 0 Å². The van der Waals surface area contributed by atoms with Crippen LogP contribution in [-0.2, 0) is 6.54 Å². The molecule has 1 amide bonds. The maximum absolute atomic E-state index is 14.0. The first-order valence-electron chi connectivity index (χ1n) is 8.80. The van der Waals surface area contributed by atoms with Crippen LogP contribution in [0, 0.1) is 5.82 Å². The van der Waals surface area contributed by atoms with Crippen LogP contribution >= 0.6 is 11.3 Å². The summed E-state index contributed by atoms with van der Waals surface area (Å²) in [7, 11) is 1.62. The van der Waals surface area contributed by atoms with Crippen molar-refractivity contribution in [1.82, 2.24) is 9.88 Å². The van der Waals surface area contributed by atoms with E-state index in [-0.39, 0.29) is 24.3 Å². The molecular weight excluding hydrogens is 363 g/mol. The van der Waals surface area contributed by atoms with Gasteiger partial charge in [-0.1, -0.05) is 18.2 Å². The van der Waals surface area contributed by atoms with Crippen molar-refractivity contribution >= 4 is 17.2 Å². The highest BCUT2D eigenvalue weighted by Gasteiger charge is 2.34. The van der Waals surface area contributed by atoms with Gasteiger partial charge in [-0.05, 0) is 43.2 Å². The predicted octanol–water partition coefficient (Wildman–Crippen LogP) is 4.76. The monoisotopic (exact) mass is 382 g/mol. The molecule has 0 aliphatic heterocycles. The molecule has 1 saturated carbocycles. The molecule has 0 bridgehead atoms. The second kappa shape index (κ2) is 7.48. The van der Waals surface area contributed by atoms with Crippen LogP contribution in [0.15, 0.2) is 53.9 Å². The standard InChI is InChI=1S/C21H19FN2O2S/c1-26-17-10-6-14(7-11-17)20-23-19(13-27-20)21(25)24(16-8-9-16)12-15-4-2-3-5-18(15)22/h2-7,10-11,13,16H,8-9,12H2,1H3. The van der Waals surface area contributed by atoms with Gasteiger partial charge in [-0.15, -0.1) is 11.3 Å². The number of carbonyl (C=O) groups excluding carboxylic acids is 1. The van der Waals surface area contributed by atoms with Crippen LogP contribution in [0.2, 0.25) is 0 Å². The molecule has 1 heterocycles. The molecule has 1 aromatic heterocycles. The van der Waals surface area contributed by atoms with E-state index in [9.17, 15) is 9.18 Å². The lowest BCUT2D eigenvalue weighted by Crippen LogP contribution is -2.33. The molecule has 0 spiro atoms. The first-order chi connectivity index (χ1) is 13.2. The lowest BCUT2D eigenvalue weighted by molar-refractivity contribution is 0.0723. The zero-order valence-corrected chi connectivity index (χ0v) is 15.7. The van der Waals surface area contributed by atoms with Gasteiger partial charge in [-0.25, -0.2) is 9.37 Å². The zero-order chi connectivity index (χ0) is 18.8. The van der Waals surface area contributed by atoms with Crippen LogP contribution in [-0.4, -0.2) is 28.9 Å². The van der Waals surface area contributed by atoms with E-state index in [2.05, 4.69) is 4.98 Å². The van der Waals surface area contributed by atoms with E-state index >= 15 is 0 Å². The van der Waals surface area contributed by atoms with Gasteiger partial charge in [-0.2, -0.15) is 0 Å². The van der Waals surface area contributed by atoms with Crippen LogP contribution in [0.5, 0.6) is 5.75 Å². The number of hydrogen-bond acceptors (Lipinski definition) is 4. The van der Waals surface area contributed by atoms with Crippen molar-refractivity contribution in [2.24, 2.45) is 0 Å². The second-order valence-electron chi connectivity index (χ2n) is 6.52. The molecule has 27 heavy (non-hydrogen) atoms. The van der Waals surface area contributed by atoms with E-state index in [4.69, 9.17) is 4.74 Å². The summed E-state index contributed by atoms with van der Waals surface area (Å²) in [5.74, 6) is 0.348. The Morgan fingerprint density at radius 1 is 1.22 bits per heavy atom. The fourth-order valence-corrected chi connectivity index (χ4v) is 3.75. The fraction of sp³-hybridized carbons (Fsp3) is 0.238. The highest BCUT2D eigenvalue weighted by molar-refractivity contribution is 7.13. The summed E-state index contributed by atoms with van der Waals surface area (Å²) in [4.78, 5) is 19.3. The van der Waals surface area contributed by atoms with E-state index in [0.717, 1.165) is 29.2 Å². The smallest absolute Gasteiger partial charge is 0.273 e. The van der Waals surface area contributed by atoms with Crippen LogP contribution in [0.1, 0.15) is 28.9 Å². The number of aromatic nitrogens is 1. The van der Waals surface area contributed by atoms with Crippen molar-refractivity contribution < 1.29 is 13.9 Å². The predicted molar refractivity (Wildman–Crippen MR) is 103 cm³/mol. The first-order valence-corrected chi connectivity index (χ1v) is 9.68. The third-order valence-corrected chi connectivity index (χ3v) is 5.50. The van der Waals surface area contributed by atoms with Crippen LogP contribution in [0.25, 0.3) is 10.6 Å². The van der Waals surface area contributed by atoms with Crippen molar-refractivity contribution in [2.45, 2.75) is 25.4 Å². The molecule has 0 saturated heterocycles. The molecule has 0 unspecified atom stereocenters. The Bertz CT molecular complexity index is 951. The van der Waals surface area contributed by atoms with Gasteiger partial charge in [0, 0.05) is 29.1 Å². The van der Waals surface area contributed by atoms with Gasteiger partial charge >= 0.3 is 0 Å². The molecular formula is C21H19FN2O2S. The van der Waals surface area contributed by atoms with Crippen molar-refractivity contribution in [3.8, 4) is 16.3 Å².